The molecule has 4 nitrogen and oxygen atoms in total. The minimum absolute atomic E-state index is 0.197. The Morgan fingerprint density at radius 1 is 1.07 bits per heavy atom. The summed E-state index contributed by atoms with van der Waals surface area (Å²) in [6.07, 6.45) is 2.72. The predicted molar refractivity (Wildman–Crippen MR) is 109 cm³/mol. The fraction of sp³-hybridized carbons (Fsp3) is 0.381. The lowest BCUT2D eigenvalue weighted by Gasteiger charge is -2.50. The minimum atomic E-state index is -0.372. The standard InChI is InChI=1S/C21H21Cl2N3O/c1-25-10-8-21(9-11-25)26-19(15-4-2-3-5-20(15)27-21)13-18(24-26)14-6-7-16(22)17(23)12-14/h2-7,12,19H,8-11,13H2,1H3. The van der Waals surface area contributed by atoms with Crippen molar-refractivity contribution in [3.63, 3.8) is 0 Å². The Bertz CT molecular complexity index is 921. The van der Waals surface area contributed by atoms with Gasteiger partial charge in [0.1, 0.15) is 5.75 Å². The summed E-state index contributed by atoms with van der Waals surface area (Å²) in [5.74, 6) is 0.994. The normalized spacial score (nSPS) is 23.6. The monoisotopic (exact) mass is 401 g/mol. The average molecular weight is 402 g/mol. The lowest BCUT2D eigenvalue weighted by molar-refractivity contribution is -0.147. The summed E-state index contributed by atoms with van der Waals surface area (Å²) in [6, 6.07) is 14.3. The summed E-state index contributed by atoms with van der Waals surface area (Å²) in [4.78, 5) is 2.35. The summed E-state index contributed by atoms with van der Waals surface area (Å²) in [5, 5.41) is 8.41. The number of fused-ring (bicyclic) bond motifs is 4. The molecule has 27 heavy (non-hydrogen) atoms. The first kappa shape index (κ1) is 17.4. The highest BCUT2D eigenvalue weighted by Gasteiger charge is 2.51. The molecular formula is C21H21Cl2N3O. The van der Waals surface area contributed by atoms with Crippen LogP contribution in [0.25, 0.3) is 0 Å². The number of rotatable bonds is 1. The maximum Gasteiger partial charge on any atom is 0.200 e. The van der Waals surface area contributed by atoms with Crippen molar-refractivity contribution >= 4 is 28.9 Å². The van der Waals surface area contributed by atoms with Crippen molar-refractivity contribution in [2.45, 2.75) is 31.0 Å². The van der Waals surface area contributed by atoms with E-state index < -0.39 is 0 Å². The van der Waals surface area contributed by atoms with Crippen LogP contribution in [-0.2, 0) is 0 Å². The maximum absolute atomic E-state index is 6.59. The Morgan fingerprint density at radius 2 is 1.85 bits per heavy atom. The lowest BCUT2D eigenvalue weighted by atomic mass is 9.91. The number of benzene rings is 2. The van der Waals surface area contributed by atoms with Crippen molar-refractivity contribution in [1.82, 2.24) is 9.91 Å². The third-order valence-corrected chi connectivity index (χ3v) is 6.67. The van der Waals surface area contributed by atoms with Crippen LogP contribution in [0.4, 0.5) is 0 Å². The van der Waals surface area contributed by atoms with Gasteiger partial charge in [-0.05, 0) is 30.8 Å². The molecule has 0 radical (unpaired) electrons. The molecule has 0 N–H and O–H groups in total. The van der Waals surface area contributed by atoms with Gasteiger partial charge in [0.25, 0.3) is 0 Å². The van der Waals surface area contributed by atoms with Crippen LogP contribution in [0.15, 0.2) is 47.6 Å². The van der Waals surface area contributed by atoms with Crippen molar-refractivity contribution in [3.05, 3.63) is 63.6 Å². The van der Waals surface area contributed by atoms with Crippen molar-refractivity contribution < 1.29 is 4.74 Å². The molecule has 5 rings (SSSR count). The topological polar surface area (TPSA) is 28.1 Å². The van der Waals surface area contributed by atoms with Crippen LogP contribution in [-0.4, -0.2) is 41.5 Å². The predicted octanol–water partition coefficient (Wildman–Crippen LogP) is 4.96. The van der Waals surface area contributed by atoms with E-state index in [1.54, 1.807) is 0 Å². The number of piperidine rings is 1. The molecule has 1 atom stereocenters. The van der Waals surface area contributed by atoms with Crippen molar-refractivity contribution in [3.8, 4) is 5.75 Å². The van der Waals surface area contributed by atoms with Gasteiger partial charge in [-0.3, -0.25) is 0 Å². The first-order valence-electron chi connectivity index (χ1n) is 9.34. The van der Waals surface area contributed by atoms with Crippen LogP contribution in [0.2, 0.25) is 10.0 Å². The zero-order valence-corrected chi connectivity index (χ0v) is 16.7. The molecule has 1 fully saturated rings. The molecule has 2 aromatic rings. The summed E-state index contributed by atoms with van der Waals surface area (Å²) < 4.78 is 6.59. The molecule has 0 amide bonds. The molecule has 0 saturated carbocycles. The molecule has 140 valence electrons. The fourth-order valence-corrected chi connectivity index (χ4v) is 4.68. The van der Waals surface area contributed by atoms with Gasteiger partial charge in [0, 0.05) is 37.9 Å². The van der Waals surface area contributed by atoms with E-state index in [2.05, 4.69) is 35.2 Å². The number of likely N-dealkylation sites (tertiary alicyclic amines) is 1. The molecule has 1 saturated heterocycles. The Kier molecular flexibility index (Phi) is 4.12. The number of hydrazone groups is 1. The molecule has 6 heteroatoms. The first-order chi connectivity index (χ1) is 13.1. The van der Waals surface area contributed by atoms with Gasteiger partial charge in [0.05, 0.1) is 21.8 Å². The molecule has 0 bridgehead atoms. The van der Waals surface area contributed by atoms with Gasteiger partial charge in [-0.1, -0.05) is 47.5 Å². The van der Waals surface area contributed by atoms with E-state index in [1.807, 2.05) is 24.3 Å². The van der Waals surface area contributed by atoms with Gasteiger partial charge >= 0.3 is 0 Å². The van der Waals surface area contributed by atoms with Crippen LogP contribution in [0.3, 0.4) is 0 Å². The van der Waals surface area contributed by atoms with Crippen LogP contribution in [0.1, 0.15) is 36.4 Å². The number of hydrogen-bond donors (Lipinski definition) is 0. The number of para-hydroxylation sites is 1. The van der Waals surface area contributed by atoms with Crippen LogP contribution in [0.5, 0.6) is 5.75 Å². The average Bonchev–Trinajstić information content (AvgIpc) is 3.13. The first-order valence-corrected chi connectivity index (χ1v) is 10.1. The zero-order valence-electron chi connectivity index (χ0n) is 15.2. The number of hydrogen-bond acceptors (Lipinski definition) is 4. The third kappa shape index (κ3) is 2.82. The molecule has 3 heterocycles. The van der Waals surface area contributed by atoms with Crippen molar-refractivity contribution in [2.75, 3.05) is 20.1 Å². The lowest BCUT2D eigenvalue weighted by Crippen LogP contribution is -2.58. The van der Waals surface area contributed by atoms with Crippen LogP contribution < -0.4 is 4.74 Å². The smallest absolute Gasteiger partial charge is 0.200 e. The molecular weight excluding hydrogens is 381 g/mol. The highest BCUT2D eigenvalue weighted by Crippen LogP contribution is 2.49. The van der Waals surface area contributed by atoms with Crippen molar-refractivity contribution in [1.29, 1.82) is 0 Å². The summed E-state index contributed by atoms with van der Waals surface area (Å²) in [7, 11) is 2.16. The van der Waals surface area contributed by atoms with E-state index in [0.717, 1.165) is 49.4 Å². The number of nitrogens with zero attached hydrogens (tertiary/aromatic N) is 3. The summed E-state index contributed by atoms with van der Waals surface area (Å²) in [5.41, 5.74) is 2.90. The molecule has 2 aromatic carbocycles. The highest BCUT2D eigenvalue weighted by atomic mass is 35.5. The van der Waals surface area contributed by atoms with Crippen LogP contribution in [0, 0.1) is 0 Å². The molecule has 3 aliphatic rings. The minimum Gasteiger partial charge on any atom is -0.466 e. The molecule has 0 aliphatic carbocycles. The van der Waals surface area contributed by atoms with E-state index in [1.165, 1.54) is 5.56 Å². The summed E-state index contributed by atoms with van der Waals surface area (Å²) in [6.45, 7) is 2.01. The van der Waals surface area contributed by atoms with Gasteiger partial charge < -0.3 is 9.64 Å². The Hall–Kier alpha value is -1.75. The second-order valence-corrected chi connectivity index (χ2v) is 8.44. The van der Waals surface area contributed by atoms with E-state index in [0.29, 0.717) is 10.0 Å². The Morgan fingerprint density at radius 3 is 2.63 bits per heavy atom. The quantitative estimate of drug-likeness (QED) is 0.675. The van der Waals surface area contributed by atoms with Gasteiger partial charge in [-0.15, -0.1) is 0 Å². The molecule has 1 unspecified atom stereocenters. The van der Waals surface area contributed by atoms with Gasteiger partial charge in [0.2, 0.25) is 5.72 Å². The third-order valence-electron chi connectivity index (χ3n) is 5.93. The Labute approximate surface area is 169 Å². The van der Waals surface area contributed by atoms with E-state index >= 15 is 0 Å². The Balaban J connectivity index is 1.58. The van der Waals surface area contributed by atoms with Crippen molar-refractivity contribution in [2.24, 2.45) is 5.10 Å². The van der Waals surface area contributed by atoms with Gasteiger partial charge in [-0.2, -0.15) is 5.10 Å². The zero-order chi connectivity index (χ0) is 18.6. The number of ether oxygens (including phenoxy) is 1. The summed E-state index contributed by atoms with van der Waals surface area (Å²) >= 11 is 12.4. The molecule has 0 aromatic heterocycles. The fourth-order valence-electron chi connectivity index (χ4n) is 4.38. The maximum atomic E-state index is 6.59. The number of halogens is 2. The van der Waals surface area contributed by atoms with E-state index in [9.17, 15) is 0 Å². The second kappa shape index (κ2) is 6.40. The van der Waals surface area contributed by atoms with E-state index in [4.69, 9.17) is 33.0 Å². The largest absolute Gasteiger partial charge is 0.466 e. The van der Waals surface area contributed by atoms with Gasteiger partial charge in [-0.25, -0.2) is 5.01 Å². The SMILES string of the molecule is CN1CCC2(CC1)Oc1ccccc1C1CC(c3ccc(Cl)c(Cl)c3)=NN12. The highest BCUT2D eigenvalue weighted by molar-refractivity contribution is 6.42. The van der Waals surface area contributed by atoms with E-state index in [-0.39, 0.29) is 11.8 Å². The van der Waals surface area contributed by atoms with Crippen LogP contribution >= 0.6 is 23.2 Å². The molecule has 3 aliphatic heterocycles. The van der Waals surface area contributed by atoms with Gasteiger partial charge in [0.15, 0.2) is 0 Å². The molecule has 1 spiro atoms. The second-order valence-electron chi connectivity index (χ2n) is 7.63.